The van der Waals surface area contributed by atoms with Crippen LogP contribution in [0.5, 0.6) is 0 Å². The van der Waals surface area contributed by atoms with E-state index in [2.05, 4.69) is 4.72 Å². The molecule has 1 aliphatic rings. The van der Waals surface area contributed by atoms with Gasteiger partial charge in [-0.05, 0) is 37.5 Å². The Kier molecular flexibility index (Phi) is 4.88. The maximum Gasteiger partial charge on any atom is 0.336 e. The zero-order valence-electron chi connectivity index (χ0n) is 11.4. The van der Waals surface area contributed by atoms with Crippen molar-refractivity contribution in [3.05, 3.63) is 28.3 Å². The van der Waals surface area contributed by atoms with Crippen LogP contribution < -0.4 is 4.72 Å². The molecule has 1 aliphatic heterocycles. The number of benzene rings is 1. The number of carboxylic acids is 1. The number of rotatable bonds is 4. The van der Waals surface area contributed by atoms with Crippen molar-refractivity contribution in [2.24, 2.45) is 0 Å². The molecule has 1 aromatic carbocycles. The van der Waals surface area contributed by atoms with Gasteiger partial charge in [-0.2, -0.15) is 0 Å². The maximum absolute atomic E-state index is 12.4. The van der Waals surface area contributed by atoms with E-state index in [-0.39, 0.29) is 27.1 Å². The number of halogens is 1. The van der Waals surface area contributed by atoms with E-state index in [9.17, 15) is 13.2 Å². The van der Waals surface area contributed by atoms with Gasteiger partial charge in [-0.1, -0.05) is 11.6 Å². The molecule has 1 fully saturated rings. The molecule has 8 heteroatoms. The minimum atomic E-state index is -3.82. The minimum absolute atomic E-state index is 0.0744. The van der Waals surface area contributed by atoms with Crippen LogP contribution in [0.3, 0.4) is 0 Å². The van der Waals surface area contributed by atoms with E-state index < -0.39 is 16.0 Å². The third kappa shape index (κ3) is 3.74. The second-order valence-corrected chi connectivity index (χ2v) is 7.01. The Labute approximate surface area is 128 Å². The third-order valence-electron chi connectivity index (χ3n) is 3.39. The summed E-state index contributed by atoms with van der Waals surface area (Å²) in [6, 6.07) is 2.30. The first-order valence-corrected chi connectivity index (χ1v) is 8.31. The molecule has 0 radical (unpaired) electrons. The zero-order chi connectivity index (χ0) is 15.6. The maximum atomic E-state index is 12.4. The lowest BCUT2D eigenvalue weighted by atomic mass is 10.1. The van der Waals surface area contributed by atoms with Gasteiger partial charge in [-0.25, -0.2) is 17.9 Å². The predicted octanol–water partition coefficient (Wildman–Crippen LogP) is 1.80. The highest BCUT2D eigenvalue weighted by molar-refractivity contribution is 7.89. The van der Waals surface area contributed by atoms with Crippen molar-refractivity contribution in [3.8, 4) is 0 Å². The van der Waals surface area contributed by atoms with Gasteiger partial charge in [0.15, 0.2) is 0 Å². The second-order valence-electron chi connectivity index (χ2n) is 4.89. The molecule has 0 saturated carbocycles. The van der Waals surface area contributed by atoms with Crippen LogP contribution in [0.4, 0.5) is 0 Å². The van der Waals surface area contributed by atoms with E-state index in [0.29, 0.717) is 26.1 Å². The Bertz CT molecular complexity index is 653. The molecule has 0 bridgehead atoms. The summed E-state index contributed by atoms with van der Waals surface area (Å²) in [4.78, 5) is 11.1. The summed E-state index contributed by atoms with van der Waals surface area (Å²) in [6.45, 7) is 2.46. The van der Waals surface area contributed by atoms with E-state index in [1.54, 1.807) is 0 Å². The van der Waals surface area contributed by atoms with Crippen LogP contribution in [0, 0.1) is 6.92 Å². The number of ether oxygens (including phenoxy) is 1. The molecule has 0 spiro atoms. The largest absolute Gasteiger partial charge is 0.478 e. The van der Waals surface area contributed by atoms with E-state index in [1.807, 2.05) is 0 Å². The number of sulfonamides is 1. The number of hydrogen-bond acceptors (Lipinski definition) is 4. The minimum Gasteiger partial charge on any atom is -0.478 e. The van der Waals surface area contributed by atoms with Gasteiger partial charge in [-0.15, -0.1) is 0 Å². The number of nitrogens with one attached hydrogen (secondary N) is 1. The lowest BCUT2D eigenvalue weighted by Gasteiger charge is -2.23. The predicted molar refractivity (Wildman–Crippen MR) is 77.3 cm³/mol. The Morgan fingerprint density at radius 2 is 2.00 bits per heavy atom. The molecule has 21 heavy (non-hydrogen) atoms. The molecule has 0 amide bonds. The molecular formula is C13H16ClNO5S. The molecule has 0 aromatic heterocycles. The number of hydrogen-bond donors (Lipinski definition) is 2. The Hall–Kier alpha value is -1.15. The monoisotopic (exact) mass is 333 g/mol. The molecule has 2 N–H and O–H groups in total. The van der Waals surface area contributed by atoms with Crippen LogP contribution >= 0.6 is 11.6 Å². The van der Waals surface area contributed by atoms with Gasteiger partial charge in [0.1, 0.15) is 0 Å². The van der Waals surface area contributed by atoms with Crippen LogP contribution in [0.1, 0.15) is 28.8 Å². The van der Waals surface area contributed by atoms with Gasteiger partial charge in [0.25, 0.3) is 0 Å². The molecule has 0 atom stereocenters. The summed E-state index contributed by atoms with van der Waals surface area (Å²) in [5, 5.41) is 9.19. The Morgan fingerprint density at radius 3 is 2.57 bits per heavy atom. The normalized spacial score (nSPS) is 16.9. The van der Waals surface area contributed by atoms with E-state index >= 15 is 0 Å². The van der Waals surface area contributed by atoms with Gasteiger partial charge in [-0.3, -0.25) is 0 Å². The average molecular weight is 334 g/mol. The molecule has 0 aliphatic carbocycles. The van der Waals surface area contributed by atoms with Crippen LogP contribution in [0.2, 0.25) is 5.02 Å². The van der Waals surface area contributed by atoms with Crippen molar-refractivity contribution in [3.63, 3.8) is 0 Å². The number of carboxylic acid groups (broad SMARTS) is 1. The van der Waals surface area contributed by atoms with Gasteiger partial charge in [0, 0.05) is 24.3 Å². The number of carbonyl (C=O) groups is 1. The first-order chi connectivity index (χ1) is 9.81. The lowest BCUT2D eigenvalue weighted by Crippen LogP contribution is -2.39. The standard InChI is InChI=1S/C13H16ClNO5S/c1-8-11(13(16)17)6-9(14)7-12(8)21(18,19)15-10-2-4-20-5-3-10/h6-7,10,15H,2-5H2,1H3,(H,16,17). The van der Waals surface area contributed by atoms with Crippen molar-refractivity contribution in [2.45, 2.75) is 30.7 Å². The first-order valence-electron chi connectivity index (χ1n) is 6.45. The quantitative estimate of drug-likeness (QED) is 0.876. The van der Waals surface area contributed by atoms with Crippen molar-refractivity contribution < 1.29 is 23.1 Å². The summed E-state index contributed by atoms with van der Waals surface area (Å²) in [7, 11) is -3.82. The molecule has 0 unspecified atom stereocenters. The second kappa shape index (κ2) is 6.31. The summed E-state index contributed by atoms with van der Waals surface area (Å²) < 4.78 is 32.7. The average Bonchev–Trinajstić information content (AvgIpc) is 2.41. The molecular weight excluding hydrogens is 318 g/mol. The topological polar surface area (TPSA) is 92.7 Å². The fraction of sp³-hybridized carbons (Fsp3) is 0.462. The number of aromatic carboxylic acids is 1. The van der Waals surface area contributed by atoms with Crippen molar-refractivity contribution in [1.82, 2.24) is 4.72 Å². The Balaban J connectivity index is 2.37. The fourth-order valence-electron chi connectivity index (χ4n) is 2.25. The summed E-state index contributed by atoms with van der Waals surface area (Å²) in [5.74, 6) is -1.21. The molecule has 2 rings (SSSR count). The highest BCUT2D eigenvalue weighted by atomic mass is 35.5. The highest BCUT2D eigenvalue weighted by Gasteiger charge is 2.26. The zero-order valence-corrected chi connectivity index (χ0v) is 13.0. The molecule has 1 heterocycles. The molecule has 1 saturated heterocycles. The van der Waals surface area contributed by atoms with Gasteiger partial charge < -0.3 is 9.84 Å². The van der Waals surface area contributed by atoms with Crippen LogP contribution in [0.15, 0.2) is 17.0 Å². The van der Waals surface area contributed by atoms with Gasteiger partial charge in [0.05, 0.1) is 10.5 Å². The van der Waals surface area contributed by atoms with Crippen LogP contribution in [-0.2, 0) is 14.8 Å². The lowest BCUT2D eigenvalue weighted by molar-refractivity contribution is 0.0695. The SMILES string of the molecule is Cc1c(C(=O)O)cc(Cl)cc1S(=O)(=O)NC1CCOCC1. The summed E-state index contributed by atoms with van der Waals surface area (Å²) in [6.07, 6.45) is 1.18. The summed E-state index contributed by atoms with van der Waals surface area (Å²) in [5.41, 5.74) is 0.0568. The highest BCUT2D eigenvalue weighted by Crippen LogP contribution is 2.25. The molecule has 6 nitrogen and oxygen atoms in total. The Morgan fingerprint density at radius 1 is 1.38 bits per heavy atom. The van der Waals surface area contributed by atoms with E-state index in [0.717, 1.165) is 0 Å². The molecule has 1 aromatic rings. The third-order valence-corrected chi connectivity index (χ3v) is 5.25. The van der Waals surface area contributed by atoms with Gasteiger partial charge >= 0.3 is 5.97 Å². The molecule has 116 valence electrons. The van der Waals surface area contributed by atoms with Crippen molar-refractivity contribution in [2.75, 3.05) is 13.2 Å². The first kappa shape index (κ1) is 16.2. The van der Waals surface area contributed by atoms with Crippen molar-refractivity contribution >= 4 is 27.6 Å². The summed E-state index contributed by atoms with van der Waals surface area (Å²) >= 11 is 5.84. The van der Waals surface area contributed by atoms with Crippen LogP contribution in [-0.4, -0.2) is 38.7 Å². The van der Waals surface area contributed by atoms with Gasteiger partial charge in [0.2, 0.25) is 10.0 Å². The van der Waals surface area contributed by atoms with E-state index in [1.165, 1.54) is 19.1 Å². The van der Waals surface area contributed by atoms with Crippen LogP contribution in [0.25, 0.3) is 0 Å². The fourth-order valence-corrected chi connectivity index (χ4v) is 4.13. The van der Waals surface area contributed by atoms with E-state index in [4.69, 9.17) is 21.4 Å². The van der Waals surface area contributed by atoms with Crippen molar-refractivity contribution in [1.29, 1.82) is 0 Å². The smallest absolute Gasteiger partial charge is 0.336 e.